The maximum Gasteiger partial charge on any atom is 0.396 e. The highest BCUT2D eigenvalue weighted by Crippen LogP contribution is 2.29. The minimum atomic E-state index is -0.910. The van der Waals surface area contributed by atoms with Crippen LogP contribution in [0, 0.1) is 0 Å². The SMILES string of the molecule is CCOC(=O)c1nc2cc(Cl)c(Cl)cc2nc1N1CCCN(C(=O)C(=O)OC)CC1. The number of benzene rings is 1. The van der Waals surface area contributed by atoms with Crippen LogP contribution in [0.4, 0.5) is 5.82 Å². The Balaban J connectivity index is 1.97. The number of carbonyl (C=O) groups excluding carboxylic acids is 3. The summed E-state index contributed by atoms with van der Waals surface area (Å²) in [5.41, 5.74) is 0.934. The van der Waals surface area contributed by atoms with E-state index in [0.29, 0.717) is 53.0 Å². The first-order chi connectivity index (χ1) is 14.3. The van der Waals surface area contributed by atoms with Crippen LogP contribution in [0.3, 0.4) is 0 Å². The third kappa shape index (κ3) is 4.57. The number of rotatable bonds is 3. The van der Waals surface area contributed by atoms with Gasteiger partial charge in [0, 0.05) is 26.2 Å². The Morgan fingerprint density at radius 1 is 1.03 bits per heavy atom. The van der Waals surface area contributed by atoms with Gasteiger partial charge in [0.2, 0.25) is 0 Å². The van der Waals surface area contributed by atoms with E-state index < -0.39 is 17.8 Å². The molecule has 3 rings (SSSR count). The molecule has 1 saturated heterocycles. The molecule has 1 aromatic carbocycles. The van der Waals surface area contributed by atoms with Gasteiger partial charge in [-0.15, -0.1) is 0 Å². The molecule has 1 amide bonds. The summed E-state index contributed by atoms with van der Waals surface area (Å²) in [6.07, 6.45) is 0.562. The zero-order chi connectivity index (χ0) is 21.8. The first-order valence-electron chi connectivity index (χ1n) is 9.31. The van der Waals surface area contributed by atoms with Crippen LogP contribution in [0.15, 0.2) is 12.1 Å². The highest BCUT2D eigenvalue weighted by molar-refractivity contribution is 6.42. The average molecular weight is 455 g/mol. The summed E-state index contributed by atoms with van der Waals surface area (Å²) in [5.74, 6) is -1.89. The fourth-order valence-corrected chi connectivity index (χ4v) is 3.46. The van der Waals surface area contributed by atoms with Gasteiger partial charge in [-0.2, -0.15) is 0 Å². The normalized spacial score (nSPS) is 14.4. The first kappa shape index (κ1) is 22.0. The predicted octanol–water partition coefficient (Wildman–Crippen LogP) is 2.33. The fourth-order valence-electron chi connectivity index (χ4n) is 3.15. The zero-order valence-corrected chi connectivity index (χ0v) is 18.0. The van der Waals surface area contributed by atoms with Crippen LogP contribution in [-0.4, -0.2) is 72.6 Å². The Labute approximate surface area is 182 Å². The van der Waals surface area contributed by atoms with Crippen LogP contribution < -0.4 is 4.90 Å². The van der Waals surface area contributed by atoms with Gasteiger partial charge in [-0.05, 0) is 25.5 Å². The second-order valence-corrected chi connectivity index (χ2v) is 7.31. The smallest absolute Gasteiger partial charge is 0.396 e. The van der Waals surface area contributed by atoms with Crippen molar-refractivity contribution in [2.75, 3.05) is 44.8 Å². The number of hydrogen-bond acceptors (Lipinski definition) is 8. The van der Waals surface area contributed by atoms with Crippen LogP contribution in [0.25, 0.3) is 11.0 Å². The lowest BCUT2D eigenvalue weighted by Gasteiger charge is -2.24. The number of anilines is 1. The molecule has 30 heavy (non-hydrogen) atoms. The number of fused-ring (bicyclic) bond motifs is 1. The van der Waals surface area contributed by atoms with E-state index in [1.165, 1.54) is 11.0 Å². The summed E-state index contributed by atoms with van der Waals surface area (Å²) in [5, 5.41) is 0.617. The number of hydrogen-bond donors (Lipinski definition) is 0. The molecule has 0 bridgehead atoms. The van der Waals surface area contributed by atoms with E-state index in [0.717, 1.165) is 7.11 Å². The maximum atomic E-state index is 12.6. The van der Waals surface area contributed by atoms with Gasteiger partial charge in [0.05, 0.1) is 34.8 Å². The van der Waals surface area contributed by atoms with Gasteiger partial charge in [0.25, 0.3) is 0 Å². The van der Waals surface area contributed by atoms with Crippen LogP contribution in [-0.2, 0) is 19.1 Å². The summed E-state index contributed by atoms with van der Waals surface area (Å²) in [6.45, 7) is 3.36. The first-order valence-corrected chi connectivity index (χ1v) is 10.1. The molecule has 0 unspecified atom stereocenters. The van der Waals surface area contributed by atoms with Crippen molar-refractivity contribution in [3.05, 3.63) is 27.9 Å². The number of amides is 1. The van der Waals surface area contributed by atoms with Crippen molar-refractivity contribution in [3.8, 4) is 0 Å². The molecule has 9 nitrogen and oxygen atoms in total. The maximum absolute atomic E-state index is 12.6. The summed E-state index contributed by atoms with van der Waals surface area (Å²) >= 11 is 12.2. The van der Waals surface area contributed by atoms with Crippen LogP contribution in [0.2, 0.25) is 10.0 Å². The monoisotopic (exact) mass is 454 g/mol. The Kier molecular flexibility index (Phi) is 6.94. The Morgan fingerprint density at radius 3 is 2.33 bits per heavy atom. The Hall–Kier alpha value is -2.65. The highest BCUT2D eigenvalue weighted by atomic mass is 35.5. The van der Waals surface area contributed by atoms with Crippen molar-refractivity contribution in [1.29, 1.82) is 0 Å². The van der Waals surface area contributed by atoms with E-state index in [1.54, 1.807) is 13.0 Å². The van der Waals surface area contributed by atoms with Crippen molar-refractivity contribution in [1.82, 2.24) is 14.9 Å². The second kappa shape index (κ2) is 9.44. The quantitative estimate of drug-likeness (QED) is 0.514. The molecule has 1 fully saturated rings. The van der Waals surface area contributed by atoms with Gasteiger partial charge in [-0.1, -0.05) is 23.2 Å². The highest BCUT2D eigenvalue weighted by Gasteiger charge is 2.28. The standard InChI is InChI=1S/C19H20Cl2N4O5/c1-3-30-18(27)15-16(23-14-10-12(21)11(20)9-13(14)22-15)24-5-4-6-25(8-7-24)17(26)19(28)29-2/h9-10H,3-8H2,1-2H3. The molecule has 0 radical (unpaired) electrons. The van der Waals surface area contributed by atoms with Gasteiger partial charge >= 0.3 is 17.8 Å². The molecule has 2 aromatic rings. The largest absolute Gasteiger partial charge is 0.462 e. The molecule has 1 aliphatic rings. The average Bonchev–Trinajstić information content (AvgIpc) is 2.99. The van der Waals surface area contributed by atoms with Gasteiger partial charge in [-0.25, -0.2) is 19.6 Å². The van der Waals surface area contributed by atoms with Crippen LogP contribution >= 0.6 is 23.2 Å². The number of esters is 2. The number of ether oxygens (including phenoxy) is 2. The van der Waals surface area contributed by atoms with Crippen molar-refractivity contribution in [2.24, 2.45) is 0 Å². The van der Waals surface area contributed by atoms with Crippen molar-refractivity contribution in [2.45, 2.75) is 13.3 Å². The molecule has 0 N–H and O–H groups in total. The number of methoxy groups -OCH3 is 1. The molecule has 1 aliphatic heterocycles. The van der Waals surface area contributed by atoms with Crippen molar-refractivity contribution in [3.63, 3.8) is 0 Å². The second-order valence-electron chi connectivity index (χ2n) is 6.50. The summed E-state index contributed by atoms with van der Waals surface area (Å²) in [7, 11) is 1.16. The molecule has 11 heteroatoms. The van der Waals surface area contributed by atoms with E-state index in [2.05, 4.69) is 14.7 Å². The molecule has 0 spiro atoms. The summed E-state index contributed by atoms with van der Waals surface area (Å²) < 4.78 is 9.66. The predicted molar refractivity (Wildman–Crippen MR) is 111 cm³/mol. The molecule has 0 atom stereocenters. The molecular weight excluding hydrogens is 435 g/mol. The van der Waals surface area contributed by atoms with E-state index >= 15 is 0 Å². The number of aromatic nitrogens is 2. The van der Waals surface area contributed by atoms with Crippen molar-refractivity contribution >= 4 is 57.9 Å². The minimum Gasteiger partial charge on any atom is -0.462 e. The molecule has 1 aromatic heterocycles. The third-order valence-electron chi connectivity index (χ3n) is 4.60. The van der Waals surface area contributed by atoms with Gasteiger partial charge in [0.15, 0.2) is 11.5 Å². The number of nitrogens with zero attached hydrogens (tertiary/aromatic N) is 4. The van der Waals surface area contributed by atoms with Crippen LogP contribution in [0.1, 0.15) is 23.8 Å². The molecular formula is C19H20Cl2N4O5. The lowest BCUT2D eigenvalue weighted by atomic mass is 10.2. The van der Waals surface area contributed by atoms with Gasteiger partial charge < -0.3 is 19.3 Å². The van der Waals surface area contributed by atoms with Crippen LogP contribution in [0.5, 0.6) is 0 Å². The van der Waals surface area contributed by atoms with Gasteiger partial charge in [0.1, 0.15) is 0 Å². The molecule has 2 heterocycles. The number of carbonyl (C=O) groups is 3. The lowest BCUT2D eigenvalue weighted by molar-refractivity contribution is -0.158. The molecule has 0 aliphatic carbocycles. The van der Waals surface area contributed by atoms with E-state index in [4.69, 9.17) is 27.9 Å². The molecule has 160 valence electrons. The van der Waals surface area contributed by atoms with E-state index in [9.17, 15) is 14.4 Å². The summed E-state index contributed by atoms with van der Waals surface area (Å²) in [4.78, 5) is 48.5. The molecule has 0 saturated carbocycles. The Morgan fingerprint density at radius 2 is 1.70 bits per heavy atom. The topological polar surface area (TPSA) is 102 Å². The van der Waals surface area contributed by atoms with Crippen molar-refractivity contribution < 1.29 is 23.9 Å². The fraction of sp³-hybridized carbons (Fsp3) is 0.421. The minimum absolute atomic E-state index is 0.0514. The lowest BCUT2D eigenvalue weighted by Crippen LogP contribution is -2.40. The van der Waals surface area contributed by atoms with E-state index in [1.807, 2.05) is 4.90 Å². The Bertz CT molecular complexity index is 1000. The number of halogens is 2. The zero-order valence-electron chi connectivity index (χ0n) is 16.5. The van der Waals surface area contributed by atoms with E-state index in [-0.39, 0.29) is 18.8 Å². The third-order valence-corrected chi connectivity index (χ3v) is 5.32. The summed E-state index contributed by atoms with van der Waals surface area (Å²) in [6, 6.07) is 3.12. The van der Waals surface area contributed by atoms with Gasteiger partial charge in [-0.3, -0.25) is 4.79 Å².